The van der Waals surface area contributed by atoms with E-state index in [9.17, 15) is 9.50 Å². The number of pyridine rings is 1. The first-order chi connectivity index (χ1) is 8.09. The highest BCUT2D eigenvalue weighted by atomic mass is 79.9. The second-order valence-corrected chi connectivity index (χ2v) is 4.72. The van der Waals surface area contributed by atoms with E-state index in [-0.39, 0.29) is 5.56 Å². The van der Waals surface area contributed by atoms with Crippen LogP contribution in [0.4, 0.5) is 4.39 Å². The lowest BCUT2D eigenvalue weighted by molar-refractivity contribution is 0.214. The van der Waals surface area contributed by atoms with Gasteiger partial charge in [-0.05, 0) is 36.2 Å². The minimum atomic E-state index is -0.967. The lowest BCUT2D eigenvalue weighted by atomic mass is 9.98. The summed E-state index contributed by atoms with van der Waals surface area (Å²) in [5.74, 6) is -0.498. The molecule has 0 saturated heterocycles. The van der Waals surface area contributed by atoms with Crippen LogP contribution in [0.25, 0.3) is 0 Å². The molecule has 1 aromatic carbocycles. The van der Waals surface area contributed by atoms with Crippen LogP contribution in [-0.4, -0.2) is 10.1 Å². The van der Waals surface area contributed by atoms with Gasteiger partial charge in [-0.25, -0.2) is 4.39 Å². The van der Waals surface area contributed by atoms with Crippen molar-refractivity contribution in [1.82, 2.24) is 4.98 Å². The number of aliphatic hydroxyl groups is 1. The number of hydrogen-bond donors (Lipinski definition) is 1. The molecule has 0 bridgehead atoms. The summed E-state index contributed by atoms with van der Waals surface area (Å²) in [6.07, 6.45) is 1.61. The first-order valence-corrected chi connectivity index (χ1v) is 5.92. The van der Waals surface area contributed by atoms with Crippen LogP contribution in [0.15, 0.2) is 41.1 Å². The summed E-state index contributed by atoms with van der Waals surface area (Å²) < 4.78 is 14.4. The van der Waals surface area contributed by atoms with E-state index in [0.29, 0.717) is 5.56 Å². The highest BCUT2D eigenvalue weighted by Gasteiger charge is 2.16. The Morgan fingerprint density at radius 2 is 2.06 bits per heavy atom. The lowest BCUT2D eigenvalue weighted by Crippen LogP contribution is -2.04. The molecule has 1 heterocycles. The molecule has 1 unspecified atom stereocenters. The summed E-state index contributed by atoms with van der Waals surface area (Å²) in [5, 5.41) is 10.2. The van der Waals surface area contributed by atoms with Gasteiger partial charge in [0.1, 0.15) is 11.9 Å². The monoisotopic (exact) mass is 295 g/mol. The fourth-order valence-corrected chi connectivity index (χ4v) is 2.20. The summed E-state index contributed by atoms with van der Waals surface area (Å²) in [7, 11) is 0. The molecule has 0 amide bonds. The molecule has 1 N–H and O–H groups in total. The van der Waals surface area contributed by atoms with Crippen molar-refractivity contribution < 1.29 is 9.50 Å². The maximum atomic E-state index is 13.5. The fourth-order valence-electron chi connectivity index (χ4n) is 1.72. The Labute approximate surface area is 107 Å². The normalized spacial score (nSPS) is 12.5. The molecule has 0 fully saturated rings. The van der Waals surface area contributed by atoms with Crippen LogP contribution in [0, 0.1) is 12.7 Å². The molecular weight excluding hydrogens is 285 g/mol. The Hall–Kier alpha value is -1.26. The van der Waals surface area contributed by atoms with Gasteiger partial charge in [0.05, 0.1) is 6.20 Å². The van der Waals surface area contributed by atoms with Gasteiger partial charge in [0, 0.05) is 16.2 Å². The largest absolute Gasteiger partial charge is 0.384 e. The number of rotatable bonds is 2. The van der Waals surface area contributed by atoms with Crippen molar-refractivity contribution in [2.24, 2.45) is 0 Å². The van der Waals surface area contributed by atoms with Crippen molar-refractivity contribution in [3.8, 4) is 0 Å². The van der Waals surface area contributed by atoms with Crippen molar-refractivity contribution in [2.75, 3.05) is 0 Å². The van der Waals surface area contributed by atoms with Gasteiger partial charge in [-0.2, -0.15) is 0 Å². The SMILES string of the molecule is Cc1cc(Br)ccc1C(O)c1ccncc1F. The Kier molecular flexibility index (Phi) is 3.54. The predicted octanol–water partition coefficient (Wildman–Crippen LogP) is 3.37. The zero-order valence-electron chi connectivity index (χ0n) is 9.19. The van der Waals surface area contributed by atoms with Crippen LogP contribution < -0.4 is 0 Å². The number of aryl methyl sites for hydroxylation is 1. The predicted molar refractivity (Wildman–Crippen MR) is 67.1 cm³/mol. The van der Waals surface area contributed by atoms with Crippen LogP contribution >= 0.6 is 15.9 Å². The van der Waals surface area contributed by atoms with Crippen molar-refractivity contribution in [3.63, 3.8) is 0 Å². The third kappa shape index (κ3) is 2.53. The summed E-state index contributed by atoms with van der Waals surface area (Å²) in [6.45, 7) is 1.88. The molecule has 0 spiro atoms. The van der Waals surface area contributed by atoms with Crippen LogP contribution in [0.1, 0.15) is 22.8 Å². The van der Waals surface area contributed by atoms with Gasteiger partial charge in [-0.3, -0.25) is 4.98 Å². The highest BCUT2D eigenvalue weighted by Crippen LogP contribution is 2.27. The summed E-state index contributed by atoms with van der Waals surface area (Å²) >= 11 is 3.35. The number of hydrogen-bond acceptors (Lipinski definition) is 2. The zero-order chi connectivity index (χ0) is 12.4. The smallest absolute Gasteiger partial charge is 0.147 e. The third-order valence-electron chi connectivity index (χ3n) is 2.62. The van der Waals surface area contributed by atoms with Gasteiger partial charge in [0.15, 0.2) is 0 Å². The van der Waals surface area contributed by atoms with E-state index in [0.717, 1.165) is 16.2 Å². The fraction of sp³-hybridized carbons (Fsp3) is 0.154. The highest BCUT2D eigenvalue weighted by molar-refractivity contribution is 9.10. The van der Waals surface area contributed by atoms with Gasteiger partial charge in [-0.1, -0.05) is 22.0 Å². The molecule has 1 atom stereocenters. The van der Waals surface area contributed by atoms with Crippen LogP contribution in [-0.2, 0) is 0 Å². The van der Waals surface area contributed by atoms with Crippen LogP contribution in [0.3, 0.4) is 0 Å². The van der Waals surface area contributed by atoms with E-state index < -0.39 is 11.9 Å². The molecule has 0 saturated carbocycles. The third-order valence-corrected chi connectivity index (χ3v) is 3.12. The molecule has 2 nitrogen and oxygen atoms in total. The van der Waals surface area contributed by atoms with Gasteiger partial charge < -0.3 is 5.11 Å². The van der Waals surface area contributed by atoms with Crippen molar-refractivity contribution in [2.45, 2.75) is 13.0 Å². The van der Waals surface area contributed by atoms with Gasteiger partial charge >= 0.3 is 0 Å². The van der Waals surface area contributed by atoms with E-state index in [2.05, 4.69) is 20.9 Å². The van der Waals surface area contributed by atoms with Crippen molar-refractivity contribution in [3.05, 3.63) is 63.6 Å². The Morgan fingerprint density at radius 1 is 1.29 bits per heavy atom. The standard InChI is InChI=1S/C13H11BrFNO/c1-8-6-9(14)2-3-10(8)13(17)11-4-5-16-7-12(11)15/h2-7,13,17H,1H3. The summed E-state index contributed by atoms with van der Waals surface area (Å²) in [5.41, 5.74) is 1.84. The number of benzene rings is 1. The molecule has 0 aliphatic rings. The number of aliphatic hydroxyl groups excluding tert-OH is 1. The zero-order valence-corrected chi connectivity index (χ0v) is 10.8. The lowest BCUT2D eigenvalue weighted by Gasteiger charge is -2.14. The van der Waals surface area contributed by atoms with Crippen LogP contribution in [0.2, 0.25) is 0 Å². The minimum Gasteiger partial charge on any atom is -0.384 e. The molecular formula is C13H11BrFNO. The van der Waals surface area contributed by atoms with Crippen molar-refractivity contribution >= 4 is 15.9 Å². The number of aromatic nitrogens is 1. The first-order valence-electron chi connectivity index (χ1n) is 5.13. The van der Waals surface area contributed by atoms with Gasteiger partial charge in [-0.15, -0.1) is 0 Å². The molecule has 1 aromatic heterocycles. The molecule has 88 valence electrons. The van der Waals surface area contributed by atoms with Crippen LogP contribution in [0.5, 0.6) is 0 Å². The van der Waals surface area contributed by atoms with Gasteiger partial charge in [0.2, 0.25) is 0 Å². The molecule has 0 radical (unpaired) electrons. The Bertz CT molecular complexity index is 545. The Balaban J connectivity index is 2.44. The van der Waals surface area contributed by atoms with E-state index in [4.69, 9.17) is 0 Å². The maximum Gasteiger partial charge on any atom is 0.147 e. The number of nitrogens with zero attached hydrogens (tertiary/aromatic N) is 1. The maximum absolute atomic E-state index is 13.5. The average molecular weight is 296 g/mol. The molecule has 0 aliphatic carbocycles. The van der Waals surface area contributed by atoms with E-state index in [1.165, 1.54) is 12.3 Å². The molecule has 2 aromatic rings. The number of halogens is 2. The summed E-state index contributed by atoms with van der Waals surface area (Å²) in [6, 6.07) is 6.98. The molecule has 17 heavy (non-hydrogen) atoms. The van der Waals surface area contributed by atoms with E-state index in [1.54, 1.807) is 6.07 Å². The average Bonchev–Trinajstić information content (AvgIpc) is 2.29. The van der Waals surface area contributed by atoms with E-state index >= 15 is 0 Å². The molecule has 0 aliphatic heterocycles. The quantitative estimate of drug-likeness (QED) is 0.921. The minimum absolute atomic E-state index is 0.241. The van der Waals surface area contributed by atoms with Crippen molar-refractivity contribution in [1.29, 1.82) is 0 Å². The summed E-state index contributed by atoms with van der Waals surface area (Å²) in [4.78, 5) is 3.66. The topological polar surface area (TPSA) is 33.1 Å². The second kappa shape index (κ2) is 4.94. The Morgan fingerprint density at radius 3 is 2.71 bits per heavy atom. The van der Waals surface area contributed by atoms with Gasteiger partial charge in [0.25, 0.3) is 0 Å². The molecule has 4 heteroatoms. The molecule has 2 rings (SSSR count). The second-order valence-electron chi connectivity index (χ2n) is 3.80. The first kappa shape index (κ1) is 12.2. The van der Waals surface area contributed by atoms with E-state index in [1.807, 2.05) is 19.1 Å².